The molecule has 0 aliphatic rings. The van der Waals surface area contributed by atoms with Crippen molar-refractivity contribution in [2.45, 2.75) is 0 Å². The van der Waals surface area contributed by atoms with E-state index in [0.29, 0.717) is 32.6 Å². The third kappa shape index (κ3) is 3.35. The van der Waals surface area contributed by atoms with Crippen LogP contribution in [0.4, 0.5) is 5.69 Å². The van der Waals surface area contributed by atoms with Gasteiger partial charge < -0.3 is 5.11 Å². The van der Waals surface area contributed by atoms with Crippen LogP contribution in [0.1, 0.15) is 11.1 Å². The molecule has 6 nitrogen and oxygen atoms in total. The molecule has 4 rings (SSSR count). The van der Waals surface area contributed by atoms with E-state index in [1.165, 1.54) is 12.4 Å². The van der Waals surface area contributed by atoms with E-state index in [0.717, 1.165) is 4.57 Å². The molecule has 29 heavy (non-hydrogen) atoms. The zero-order valence-corrected chi connectivity index (χ0v) is 15.7. The minimum atomic E-state index is -0.394. The van der Waals surface area contributed by atoms with E-state index < -0.39 is 5.56 Å². The van der Waals surface area contributed by atoms with Crippen LogP contribution in [-0.2, 0) is 0 Å². The Morgan fingerprint density at radius 3 is 2.59 bits per heavy atom. The van der Waals surface area contributed by atoms with Crippen LogP contribution in [0.2, 0.25) is 5.02 Å². The summed E-state index contributed by atoms with van der Waals surface area (Å²) in [5, 5.41) is 21.6. The predicted molar refractivity (Wildman–Crippen MR) is 112 cm³/mol. The Morgan fingerprint density at radius 1 is 1.10 bits per heavy atom. The monoisotopic (exact) mass is 400 g/mol. The molecule has 0 saturated heterocycles. The minimum Gasteiger partial charge on any atom is -0.494 e. The number of fused-ring (bicyclic) bond motifs is 1. The first-order valence-electron chi connectivity index (χ1n) is 8.62. The molecule has 0 radical (unpaired) electrons. The molecule has 140 valence electrons. The standard InChI is InChI=1S/C22H13ClN4O2/c23-15-9-8-14(12-24)19(11-15)26-13-18-16-5-1-2-6-17(16)21(28)27(22(18)29)20-7-3-4-10-25-20/h1-11,13,29H. The number of aromatic hydroxyl groups is 1. The summed E-state index contributed by atoms with van der Waals surface area (Å²) in [6.07, 6.45) is 2.96. The highest BCUT2D eigenvalue weighted by Crippen LogP contribution is 2.27. The van der Waals surface area contributed by atoms with Crippen molar-refractivity contribution in [2.75, 3.05) is 0 Å². The lowest BCUT2D eigenvalue weighted by Crippen LogP contribution is -2.20. The van der Waals surface area contributed by atoms with Crippen molar-refractivity contribution in [2.24, 2.45) is 4.99 Å². The van der Waals surface area contributed by atoms with E-state index in [-0.39, 0.29) is 11.7 Å². The number of aromatic nitrogens is 2. The largest absolute Gasteiger partial charge is 0.494 e. The van der Waals surface area contributed by atoms with E-state index in [1.54, 1.807) is 60.7 Å². The Bertz CT molecular complexity index is 1360. The van der Waals surface area contributed by atoms with Crippen molar-refractivity contribution >= 4 is 34.3 Å². The maximum atomic E-state index is 13.0. The molecule has 0 fully saturated rings. The second-order valence-electron chi connectivity index (χ2n) is 6.14. The second kappa shape index (κ2) is 7.58. The summed E-state index contributed by atoms with van der Waals surface area (Å²) in [7, 11) is 0. The summed E-state index contributed by atoms with van der Waals surface area (Å²) in [5.41, 5.74) is 0.635. The summed E-state index contributed by atoms with van der Waals surface area (Å²) in [6, 6.07) is 18.8. The summed E-state index contributed by atoms with van der Waals surface area (Å²) >= 11 is 6.02. The van der Waals surface area contributed by atoms with Crippen LogP contribution in [0.25, 0.3) is 16.6 Å². The van der Waals surface area contributed by atoms with Gasteiger partial charge in [-0.25, -0.2) is 9.55 Å². The van der Waals surface area contributed by atoms with Gasteiger partial charge in [-0.3, -0.25) is 9.79 Å². The van der Waals surface area contributed by atoms with Crippen molar-refractivity contribution in [1.29, 1.82) is 5.26 Å². The highest BCUT2D eigenvalue weighted by molar-refractivity contribution is 6.30. The van der Waals surface area contributed by atoms with Crippen LogP contribution in [0.15, 0.2) is 76.6 Å². The Labute approximate surface area is 170 Å². The van der Waals surface area contributed by atoms with Gasteiger partial charge in [-0.05, 0) is 36.4 Å². The molecule has 0 amide bonds. The lowest BCUT2D eigenvalue weighted by molar-refractivity contribution is 0.435. The molecule has 2 aromatic carbocycles. The highest BCUT2D eigenvalue weighted by atomic mass is 35.5. The number of hydrogen-bond acceptors (Lipinski definition) is 5. The number of hydrogen-bond donors (Lipinski definition) is 1. The Morgan fingerprint density at radius 2 is 1.86 bits per heavy atom. The summed E-state index contributed by atoms with van der Waals surface area (Å²) in [5.74, 6) is -0.00689. The van der Waals surface area contributed by atoms with Crippen molar-refractivity contribution in [3.63, 3.8) is 0 Å². The van der Waals surface area contributed by atoms with Crippen molar-refractivity contribution in [3.8, 4) is 17.8 Å². The van der Waals surface area contributed by atoms with Gasteiger partial charge in [0.15, 0.2) is 0 Å². The van der Waals surface area contributed by atoms with Crippen LogP contribution in [-0.4, -0.2) is 20.9 Å². The first kappa shape index (κ1) is 18.4. The van der Waals surface area contributed by atoms with Crippen LogP contribution in [0.3, 0.4) is 0 Å². The molecule has 7 heteroatoms. The molecule has 0 unspecified atom stereocenters. The average Bonchev–Trinajstić information content (AvgIpc) is 2.75. The van der Waals surface area contributed by atoms with Gasteiger partial charge >= 0.3 is 0 Å². The van der Waals surface area contributed by atoms with Crippen LogP contribution < -0.4 is 5.56 Å². The SMILES string of the molecule is N#Cc1ccc(Cl)cc1N=Cc1c(O)n(-c2ccccn2)c(=O)c2ccccc12. The second-order valence-corrected chi connectivity index (χ2v) is 6.58. The molecule has 0 spiro atoms. The van der Waals surface area contributed by atoms with Gasteiger partial charge in [-0.1, -0.05) is 35.9 Å². The van der Waals surface area contributed by atoms with Crippen molar-refractivity contribution in [3.05, 3.63) is 93.4 Å². The molecule has 2 heterocycles. The van der Waals surface area contributed by atoms with Gasteiger partial charge in [0.1, 0.15) is 11.9 Å². The van der Waals surface area contributed by atoms with Crippen molar-refractivity contribution in [1.82, 2.24) is 9.55 Å². The topological polar surface area (TPSA) is 91.3 Å². The van der Waals surface area contributed by atoms with Crippen LogP contribution >= 0.6 is 11.6 Å². The van der Waals surface area contributed by atoms with Gasteiger partial charge in [0.25, 0.3) is 5.56 Å². The lowest BCUT2D eigenvalue weighted by atomic mass is 10.1. The Balaban J connectivity index is 1.99. The van der Waals surface area contributed by atoms with Gasteiger partial charge in [0.05, 0.1) is 16.8 Å². The molecule has 1 N–H and O–H groups in total. The first-order valence-corrected chi connectivity index (χ1v) is 9.00. The summed E-state index contributed by atoms with van der Waals surface area (Å²) in [4.78, 5) is 21.5. The zero-order chi connectivity index (χ0) is 20.4. The summed E-state index contributed by atoms with van der Waals surface area (Å²) < 4.78 is 1.13. The average molecular weight is 401 g/mol. The number of benzene rings is 2. The van der Waals surface area contributed by atoms with Gasteiger partial charge in [0, 0.05) is 28.2 Å². The fourth-order valence-corrected chi connectivity index (χ4v) is 3.19. The summed E-state index contributed by atoms with van der Waals surface area (Å²) in [6.45, 7) is 0. The Kier molecular flexibility index (Phi) is 4.82. The zero-order valence-electron chi connectivity index (χ0n) is 15.0. The smallest absolute Gasteiger partial charge is 0.267 e. The van der Waals surface area contributed by atoms with E-state index in [1.807, 2.05) is 0 Å². The maximum absolute atomic E-state index is 13.0. The molecule has 0 saturated carbocycles. The molecule has 0 aliphatic heterocycles. The molecule has 2 aromatic heterocycles. The lowest BCUT2D eigenvalue weighted by Gasteiger charge is -2.12. The predicted octanol–water partition coefficient (Wildman–Crippen LogP) is 4.37. The number of nitrogens with zero attached hydrogens (tertiary/aromatic N) is 4. The van der Waals surface area contributed by atoms with E-state index >= 15 is 0 Å². The molecule has 0 aliphatic carbocycles. The minimum absolute atomic E-state index is 0.288. The number of nitriles is 1. The van der Waals surface area contributed by atoms with E-state index in [4.69, 9.17) is 11.6 Å². The van der Waals surface area contributed by atoms with Crippen LogP contribution in [0, 0.1) is 11.3 Å². The fraction of sp³-hybridized carbons (Fsp3) is 0. The molecule has 0 atom stereocenters. The fourth-order valence-electron chi connectivity index (χ4n) is 3.03. The molecule has 0 bridgehead atoms. The van der Waals surface area contributed by atoms with Gasteiger partial charge in [-0.2, -0.15) is 5.26 Å². The third-order valence-electron chi connectivity index (χ3n) is 4.39. The Hall–Kier alpha value is -3.95. The number of rotatable bonds is 3. The maximum Gasteiger partial charge on any atom is 0.267 e. The first-order chi connectivity index (χ1) is 14.1. The van der Waals surface area contributed by atoms with Gasteiger partial charge in [-0.15, -0.1) is 0 Å². The van der Waals surface area contributed by atoms with E-state index in [9.17, 15) is 15.2 Å². The number of halogens is 1. The van der Waals surface area contributed by atoms with E-state index in [2.05, 4.69) is 16.0 Å². The third-order valence-corrected chi connectivity index (χ3v) is 4.63. The number of pyridine rings is 2. The quantitative estimate of drug-likeness (QED) is 0.517. The molecular weight excluding hydrogens is 388 g/mol. The van der Waals surface area contributed by atoms with Gasteiger partial charge in [0.2, 0.25) is 5.88 Å². The highest BCUT2D eigenvalue weighted by Gasteiger charge is 2.16. The normalized spacial score (nSPS) is 11.0. The van der Waals surface area contributed by atoms with Crippen molar-refractivity contribution < 1.29 is 5.11 Å². The van der Waals surface area contributed by atoms with Crippen LogP contribution in [0.5, 0.6) is 5.88 Å². The number of aliphatic imine (C=N–C) groups is 1. The molecular formula is C22H13ClN4O2. The molecule has 4 aromatic rings.